The van der Waals surface area contributed by atoms with E-state index in [2.05, 4.69) is 8.75 Å². The summed E-state index contributed by atoms with van der Waals surface area (Å²) in [6, 6.07) is 0. The van der Waals surface area contributed by atoms with Crippen LogP contribution < -0.4 is 0 Å². The Hall–Kier alpha value is -1.23. The second kappa shape index (κ2) is 3.02. The molecule has 0 spiro atoms. The van der Waals surface area contributed by atoms with Crippen LogP contribution in [-0.2, 0) is 4.74 Å². The molecule has 62 valence electrons. The van der Waals surface area contributed by atoms with Gasteiger partial charge in [-0.05, 0) is 0 Å². The third kappa shape index (κ3) is 1.23. The fourth-order valence-electron chi connectivity index (χ4n) is 0.984. The van der Waals surface area contributed by atoms with E-state index in [1.165, 1.54) is 12.5 Å². The molecule has 0 saturated heterocycles. The number of ether oxygens (including phenoxy) is 1. The number of hydrogen-bond acceptors (Lipinski definition) is 5. The molecule has 2 heterocycles. The minimum Gasteiger partial charge on any atom is -0.500 e. The normalized spacial score (nSPS) is 15.5. The van der Waals surface area contributed by atoms with E-state index in [1.54, 1.807) is 0 Å². The van der Waals surface area contributed by atoms with Crippen LogP contribution in [0.4, 0.5) is 0 Å². The van der Waals surface area contributed by atoms with Crippen LogP contribution in [0, 0.1) is 0 Å². The minimum absolute atomic E-state index is 0.0683. The first-order valence-corrected chi connectivity index (χ1v) is 4.24. The van der Waals surface area contributed by atoms with E-state index in [0.29, 0.717) is 24.3 Å². The maximum atomic E-state index is 11.5. The van der Waals surface area contributed by atoms with E-state index in [-0.39, 0.29) is 5.78 Å². The monoisotopic (exact) mass is 182 g/mol. The van der Waals surface area contributed by atoms with Gasteiger partial charge in [0.05, 0.1) is 30.8 Å². The van der Waals surface area contributed by atoms with Crippen LogP contribution in [0.15, 0.2) is 18.0 Å². The van der Waals surface area contributed by atoms with Crippen LogP contribution >= 0.6 is 11.7 Å². The lowest BCUT2D eigenvalue weighted by molar-refractivity contribution is 0.102. The van der Waals surface area contributed by atoms with Crippen LogP contribution in [-0.4, -0.2) is 21.1 Å². The molecule has 1 aromatic heterocycles. The molecular weight excluding hydrogens is 176 g/mol. The SMILES string of the molecule is O=C(C1=COCC1)c1cnsn1. The van der Waals surface area contributed by atoms with E-state index in [0.717, 1.165) is 11.7 Å². The van der Waals surface area contributed by atoms with E-state index >= 15 is 0 Å². The Morgan fingerprint density at radius 1 is 1.67 bits per heavy atom. The Labute approximate surface area is 73.2 Å². The number of carbonyl (C=O) groups excluding carboxylic acids is 1. The second-order valence-electron chi connectivity index (χ2n) is 2.39. The average Bonchev–Trinajstić information content (AvgIpc) is 2.77. The Bertz CT molecular complexity index is 318. The number of aromatic nitrogens is 2. The van der Waals surface area contributed by atoms with Crippen LogP contribution in [0.25, 0.3) is 0 Å². The van der Waals surface area contributed by atoms with Crippen molar-refractivity contribution in [3.8, 4) is 0 Å². The van der Waals surface area contributed by atoms with Crippen molar-refractivity contribution in [3.63, 3.8) is 0 Å². The zero-order valence-electron chi connectivity index (χ0n) is 6.19. The number of rotatable bonds is 2. The Morgan fingerprint density at radius 3 is 3.17 bits per heavy atom. The molecule has 0 N–H and O–H groups in total. The molecule has 0 fully saturated rings. The number of hydrogen-bond donors (Lipinski definition) is 0. The van der Waals surface area contributed by atoms with Gasteiger partial charge in [-0.1, -0.05) is 0 Å². The van der Waals surface area contributed by atoms with Gasteiger partial charge in [-0.2, -0.15) is 8.75 Å². The molecule has 0 unspecified atom stereocenters. The molecule has 0 bridgehead atoms. The van der Waals surface area contributed by atoms with Gasteiger partial charge in [0.25, 0.3) is 0 Å². The molecule has 5 heteroatoms. The predicted octanol–water partition coefficient (Wildman–Crippen LogP) is 1.02. The Morgan fingerprint density at radius 2 is 2.58 bits per heavy atom. The summed E-state index contributed by atoms with van der Waals surface area (Å²) in [4.78, 5) is 11.5. The first kappa shape index (κ1) is 7.42. The maximum Gasteiger partial charge on any atom is 0.213 e. The predicted molar refractivity (Wildman–Crippen MR) is 42.9 cm³/mol. The second-order valence-corrected chi connectivity index (χ2v) is 2.94. The molecule has 4 nitrogen and oxygen atoms in total. The van der Waals surface area contributed by atoms with Gasteiger partial charge < -0.3 is 4.74 Å². The highest BCUT2D eigenvalue weighted by Gasteiger charge is 2.18. The van der Waals surface area contributed by atoms with Crippen molar-refractivity contribution in [2.24, 2.45) is 0 Å². The van der Waals surface area contributed by atoms with Crippen LogP contribution in [0.3, 0.4) is 0 Å². The number of nitrogens with zero attached hydrogens (tertiary/aromatic N) is 2. The van der Waals surface area contributed by atoms with Crippen LogP contribution in [0.5, 0.6) is 0 Å². The highest BCUT2D eigenvalue weighted by atomic mass is 32.1. The third-order valence-corrected chi connectivity index (χ3v) is 2.08. The van der Waals surface area contributed by atoms with Crippen molar-refractivity contribution < 1.29 is 9.53 Å². The molecule has 0 aliphatic carbocycles. The maximum absolute atomic E-state index is 11.5. The van der Waals surface area contributed by atoms with Gasteiger partial charge in [0.2, 0.25) is 5.78 Å². The largest absolute Gasteiger partial charge is 0.500 e. The lowest BCUT2D eigenvalue weighted by Gasteiger charge is -1.91. The first-order valence-electron chi connectivity index (χ1n) is 3.51. The van der Waals surface area contributed by atoms with E-state index in [1.807, 2.05) is 0 Å². The molecule has 2 rings (SSSR count). The van der Waals surface area contributed by atoms with Crippen molar-refractivity contribution in [1.29, 1.82) is 0 Å². The summed E-state index contributed by atoms with van der Waals surface area (Å²) < 4.78 is 12.6. The van der Waals surface area contributed by atoms with Gasteiger partial charge in [0.15, 0.2) is 0 Å². The topological polar surface area (TPSA) is 52.1 Å². The van der Waals surface area contributed by atoms with Gasteiger partial charge in [0.1, 0.15) is 5.69 Å². The molecule has 1 aliphatic rings. The molecular formula is C7H6N2O2S. The lowest BCUT2D eigenvalue weighted by Crippen LogP contribution is -2.01. The van der Waals surface area contributed by atoms with E-state index < -0.39 is 0 Å². The molecule has 12 heavy (non-hydrogen) atoms. The summed E-state index contributed by atoms with van der Waals surface area (Å²) in [6.07, 6.45) is 3.66. The third-order valence-electron chi connectivity index (χ3n) is 1.60. The quantitative estimate of drug-likeness (QED) is 0.641. The summed E-state index contributed by atoms with van der Waals surface area (Å²) in [5.41, 5.74) is 1.10. The van der Waals surface area contributed by atoms with Gasteiger partial charge in [0, 0.05) is 12.0 Å². The Kier molecular flexibility index (Phi) is 1.87. The fourth-order valence-corrected chi connectivity index (χ4v) is 1.40. The average molecular weight is 182 g/mol. The van der Waals surface area contributed by atoms with Gasteiger partial charge >= 0.3 is 0 Å². The highest BCUT2D eigenvalue weighted by molar-refractivity contribution is 6.99. The zero-order valence-corrected chi connectivity index (χ0v) is 7.00. The molecule has 0 radical (unpaired) electrons. The molecule has 1 aliphatic heterocycles. The summed E-state index contributed by atoms with van der Waals surface area (Å²) in [7, 11) is 0. The molecule has 1 aromatic rings. The van der Waals surface area contributed by atoms with Crippen LogP contribution in [0.2, 0.25) is 0 Å². The van der Waals surface area contributed by atoms with Gasteiger partial charge in [-0.15, -0.1) is 0 Å². The lowest BCUT2D eigenvalue weighted by atomic mass is 10.1. The van der Waals surface area contributed by atoms with E-state index in [9.17, 15) is 4.79 Å². The van der Waals surface area contributed by atoms with Crippen LogP contribution in [0.1, 0.15) is 16.9 Å². The van der Waals surface area contributed by atoms with Crippen molar-refractivity contribution in [2.45, 2.75) is 6.42 Å². The summed E-state index contributed by atoms with van der Waals surface area (Å²) in [5, 5.41) is 0. The number of carbonyl (C=O) groups is 1. The zero-order chi connectivity index (χ0) is 8.39. The molecule has 0 aromatic carbocycles. The number of Topliss-reactive ketones (excluding diaryl/α,β-unsaturated/α-hetero) is 1. The summed E-state index contributed by atoms with van der Waals surface area (Å²) in [6.45, 7) is 0.596. The molecule has 0 amide bonds. The number of ketones is 1. The highest BCUT2D eigenvalue weighted by Crippen LogP contribution is 2.15. The Balaban J connectivity index is 2.20. The van der Waals surface area contributed by atoms with Gasteiger partial charge in [-0.3, -0.25) is 4.79 Å². The van der Waals surface area contributed by atoms with Crippen molar-refractivity contribution in [1.82, 2.24) is 8.75 Å². The minimum atomic E-state index is -0.0683. The first-order chi connectivity index (χ1) is 5.88. The van der Waals surface area contributed by atoms with E-state index in [4.69, 9.17) is 4.74 Å². The van der Waals surface area contributed by atoms with Crippen molar-refractivity contribution in [2.75, 3.05) is 6.61 Å². The van der Waals surface area contributed by atoms with Crippen molar-refractivity contribution >= 4 is 17.5 Å². The molecule has 0 saturated carbocycles. The summed E-state index contributed by atoms with van der Waals surface area (Å²) in [5.74, 6) is -0.0683. The smallest absolute Gasteiger partial charge is 0.213 e. The molecule has 0 atom stereocenters. The van der Waals surface area contributed by atoms with Crippen molar-refractivity contribution in [3.05, 3.63) is 23.7 Å². The van der Waals surface area contributed by atoms with Gasteiger partial charge in [-0.25, -0.2) is 0 Å². The summed E-state index contributed by atoms with van der Waals surface area (Å²) >= 11 is 1.04. The standard InChI is InChI=1S/C7H6N2O2S/c10-7(5-1-2-11-4-5)6-3-8-12-9-6/h3-4H,1-2H2. The fraction of sp³-hybridized carbons (Fsp3) is 0.286.